The molecule has 0 radical (unpaired) electrons. The molecule has 0 bridgehead atoms. The summed E-state index contributed by atoms with van der Waals surface area (Å²) in [7, 11) is -5.62. The van der Waals surface area contributed by atoms with Gasteiger partial charge in [0.15, 0.2) is 0 Å². The molecule has 2 atom stereocenters. The summed E-state index contributed by atoms with van der Waals surface area (Å²) in [6.45, 7) is -0.206. The second-order valence-electron chi connectivity index (χ2n) is 5.13. The number of carboxylic acid groups (broad SMARTS) is 1. The molecule has 25 heavy (non-hydrogen) atoms. The zero-order chi connectivity index (χ0) is 18.6. The third kappa shape index (κ3) is 4.24. The number of hydrogen-bond donors (Lipinski definition) is 1. The molecule has 1 aromatic rings. The van der Waals surface area contributed by atoms with E-state index in [2.05, 4.69) is 4.36 Å². The number of hydrogen-bond acceptors (Lipinski definition) is 7. The van der Waals surface area contributed by atoms with Crippen molar-refractivity contribution in [3.63, 3.8) is 0 Å². The number of aliphatic carboxylic acids is 1. The molecule has 1 N–H and O–H groups in total. The summed E-state index contributed by atoms with van der Waals surface area (Å²) in [6.07, 6.45) is 2.99. The van der Waals surface area contributed by atoms with Gasteiger partial charge in [0.25, 0.3) is 0 Å². The minimum absolute atomic E-state index is 0.000417. The normalized spacial score (nSPS) is 21.3. The molecule has 0 fully saturated rings. The summed E-state index contributed by atoms with van der Waals surface area (Å²) < 4.78 is 56.6. The maximum atomic E-state index is 12.9. The average Bonchev–Trinajstić information content (AvgIpc) is 2.77. The van der Waals surface area contributed by atoms with Gasteiger partial charge >= 0.3 is 16.5 Å². The van der Waals surface area contributed by atoms with Crippen LogP contribution in [-0.4, -0.2) is 58.0 Å². The van der Waals surface area contributed by atoms with Crippen LogP contribution in [0.15, 0.2) is 45.7 Å². The van der Waals surface area contributed by atoms with Crippen molar-refractivity contribution in [2.24, 2.45) is 4.36 Å². The molecule has 0 amide bonds. The summed E-state index contributed by atoms with van der Waals surface area (Å²) in [6, 6.07) is 2.57. The highest BCUT2D eigenvalue weighted by Crippen LogP contribution is 2.26. The highest BCUT2D eigenvalue weighted by atomic mass is 32.2. The lowest BCUT2D eigenvalue weighted by Crippen LogP contribution is -2.50. The molecule has 1 aliphatic rings. The third-order valence-corrected chi connectivity index (χ3v) is 5.95. The van der Waals surface area contributed by atoms with Crippen LogP contribution in [0.1, 0.15) is 6.42 Å². The molecule has 0 aliphatic carbocycles. The predicted octanol–water partition coefficient (Wildman–Crippen LogP) is 0.530. The lowest BCUT2D eigenvalue weighted by molar-refractivity contribution is -0.141. The fourth-order valence-electron chi connectivity index (χ4n) is 2.48. The summed E-state index contributed by atoms with van der Waals surface area (Å²) in [5, 5.41) is 9.49. The van der Waals surface area contributed by atoms with Gasteiger partial charge in [0, 0.05) is 6.54 Å². The second-order valence-corrected chi connectivity index (χ2v) is 7.67. The average molecular weight is 388 g/mol. The van der Waals surface area contributed by atoms with Crippen LogP contribution in [-0.2, 0) is 25.3 Å². The Labute approximate surface area is 146 Å². The van der Waals surface area contributed by atoms with Crippen molar-refractivity contribution >= 4 is 26.5 Å². The molecular formula is C14H16N2O7S2. The van der Waals surface area contributed by atoms with Crippen LogP contribution in [0.2, 0.25) is 0 Å². The zero-order valence-electron chi connectivity index (χ0n) is 13.1. The molecule has 2 unspecified atom stereocenters. The second kappa shape index (κ2) is 7.76. The molecule has 0 spiro atoms. The highest BCUT2D eigenvalue weighted by molar-refractivity contribution is 7.89. The molecule has 136 valence electrons. The first-order valence-corrected chi connectivity index (χ1v) is 9.58. The van der Waals surface area contributed by atoms with E-state index in [9.17, 15) is 26.7 Å². The van der Waals surface area contributed by atoms with Crippen LogP contribution in [0.5, 0.6) is 5.75 Å². The number of carboxylic acids is 1. The fraction of sp³-hybridized carbons (Fsp3) is 0.357. The minimum Gasteiger partial charge on any atom is -0.497 e. The van der Waals surface area contributed by atoms with Crippen LogP contribution in [0.3, 0.4) is 0 Å². The maximum absolute atomic E-state index is 12.9. The lowest BCUT2D eigenvalue weighted by Gasteiger charge is -2.28. The Bertz CT molecular complexity index is 897. The Hall–Kier alpha value is -2.24. The van der Waals surface area contributed by atoms with Crippen molar-refractivity contribution < 1.29 is 31.5 Å². The number of benzene rings is 1. The number of carbonyl (C=O) groups is 1. The molecule has 0 aromatic heterocycles. The van der Waals surface area contributed by atoms with Gasteiger partial charge in [-0.3, -0.25) is 4.79 Å². The van der Waals surface area contributed by atoms with E-state index in [1.54, 1.807) is 0 Å². The summed E-state index contributed by atoms with van der Waals surface area (Å²) in [5.74, 6) is -1.03. The fourth-order valence-corrected chi connectivity index (χ4v) is 4.46. The van der Waals surface area contributed by atoms with Gasteiger partial charge in [-0.05, 0) is 30.7 Å². The van der Waals surface area contributed by atoms with Crippen molar-refractivity contribution in [3.05, 3.63) is 36.4 Å². The number of nitrogens with zero attached hydrogens (tertiary/aromatic N) is 2. The number of methoxy groups -OCH3 is 1. The first-order chi connectivity index (χ1) is 11.8. The monoisotopic (exact) mass is 388 g/mol. The number of sulfonamides is 1. The van der Waals surface area contributed by atoms with Crippen molar-refractivity contribution in [2.45, 2.75) is 23.4 Å². The Balaban J connectivity index is 2.52. The van der Waals surface area contributed by atoms with E-state index in [-0.39, 0.29) is 17.9 Å². The molecule has 2 rings (SSSR count). The summed E-state index contributed by atoms with van der Waals surface area (Å²) in [5.41, 5.74) is 0. The Morgan fingerprint density at radius 3 is 2.44 bits per heavy atom. The quantitative estimate of drug-likeness (QED) is 0.728. The number of rotatable bonds is 5. The molecule has 1 aliphatic heterocycles. The van der Waals surface area contributed by atoms with Gasteiger partial charge in [0.05, 0.1) is 18.0 Å². The van der Waals surface area contributed by atoms with Crippen LogP contribution in [0.4, 0.5) is 0 Å². The first-order valence-electron chi connectivity index (χ1n) is 7.11. The zero-order valence-corrected chi connectivity index (χ0v) is 14.8. The van der Waals surface area contributed by atoms with Gasteiger partial charge in [-0.15, -0.1) is 0 Å². The van der Waals surface area contributed by atoms with Crippen molar-refractivity contribution in [2.75, 3.05) is 13.7 Å². The van der Waals surface area contributed by atoms with E-state index < -0.39 is 38.6 Å². The largest absolute Gasteiger partial charge is 0.497 e. The van der Waals surface area contributed by atoms with Crippen LogP contribution >= 0.6 is 0 Å². The van der Waals surface area contributed by atoms with E-state index in [1.165, 1.54) is 43.5 Å². The molecule has 0 saturated carbocycles. The van der Waals surface area contributed by atoms with Gasteiger partial charge < -0.3 is 9.84 Å². The maximum Gasteiger partial charge on any atom is 0.324 e. The van der Waals surface area contributed by atoms with Gasteiger partial charge in [0.1, 0.15) is 11.8 Å². The molecule has 1 aromatic carbocycles. The van der Waals surface area contributed by atoms with Crippen LogP contribution < -0.4 is 4.74 Å². The summed E-state index contributed by atoms with van der Waals surface area (Å²) >= 11 is 0. The number of ether oxygens (including phenoxy) is 1. The standard InChI is InChI=1S/C14H16N2O7S2/c1-23-10-5-7-11(8-6-10)25(21,22)16-9-3-2-4-12(15-24(19)20)13(16)14(17)18/h2-3,5-8,12-13H,4,9H2,1H3,(H,17,18). The Morgan fingerprint density at radius 2 is 1.92 bits per heavy atom. The van der Waals surface area contributed by atoms with Crippen LogP contribution in [0, 0.1) is 0 Å². The SMILES string of the molecule is COc1ccc(S(=O)(=O)N2CC=CCC(N=S(=O)=O)C2C(=O)O)cc1. The topological polar surface area (TPSA) is 130 Å². The van der Waals surface area contributed by atoms with E-state index in [4.69, 9.17) is 4.74 Å². The van der Waals surface area contributed by atoms with E-state index in [0.29, 0.717) is 5.75 Å². The van der Waals surface area contributed by atoms with E-state index in [0.717, 1.165) is 4.31 Å². The van der Waals surface area contributed by atoms with Gasteiger partial charge in [-0.1, -0.05) is 12.2 Å². The molecule has 1 heterocycles. The van der Waals surface area contributed by atoms with Crippen molar-refractivity contribution in [1.29, 1.82) is 0 Å². The van der Waals surface area contributed by atoms with Gasteiger partial charge in [0.2, 0.25) is 10.0 Å². The van der Waals surface area contributed by atoms with Crippen molar-refractivity contribution in [3.8, 4) is 5.75 Å². The van der Waals surface area contributed by atoms with Crippen molar-refractivity contribution in [1.82, 2.24) is 4.31 Å². The molecule has 0 saturated heterocycles. The smallest absolute Gasteiger partial charge is 0.324 e. The first kappa shape index (κ1) is 19.1. The molecule has 11 heteroatoms. The van der Waals surface area contributed by atoms with Gasteiger partial charge in [-0.25, -0.2) is 8.42 Å². The molecular weight excluding hydrogens is 372 g/mol. The highest BCUT2D eigenvalue weighted by Gasteiger charge is 2.41. The molecule has 9 nitrogen and oxygen atoms in total. The van der Waals surface area contributed by atoms with Gasteiger partial charge in [-0.2, -0.15) is 17.1 Å². The lowest BCUT2D eigenvalue weighted by atomic mass is 10.1. The van der Waals surface area contributed by atoms with E-state index >= 15 is 0 Å². The Morgan fingerprint density at radius 1 is 1.28 bits per heavy atom. The Kier molecular flexibility index (Phi) is 5.93. The summed E-state index contributed by atoms with van der Waals surface area (Å²) in [4.78, 5) is 11.5. The predicted molar refractivity (Wildman–Crippen MR) is 87.2 cm³/mol. The third-order valence-electron chi connectivity index (χ3n) is 3.64. The van der Waals surface area contributed by atoms with Crippen LogP contribution in [0.25, 0.3) is 0 Å². The minimum atomic E-state index is -4.19. The van der Waals surface area contributed by atoms with E-state index in [1.807, 2.05) is 0 Å².